The van der Waals surface area contributed by atoms with Crippen LogP contribution in [0.15, 0.2) is 29.8 Å². The lowest BCUT2D eigenvalue weighted by atomic mass is 9.71. The van der Waals surface area contributed by atoms with Gasteiger partial charge in [0, 0.05) is 0 Å². The molecule has 0 saturated heterocycles. The summed E-state index contributed by atoms with van der Waals surface area (Å²) in [6.07, 6.45) is 12.2. The molecule has 90 valence electrons. The Balaban J connectivity index is 1.72. The first kappa shape index (κ1) is 11.1. The minimum atomic E-state index is 0.589. The molecule has 0 heteroatoms. The molecule has 0 heterocycles. The van der Waals surface area contributed by atoms with Crippen molar-refractivity contribution in [2.75, 3.05) is 0 Å². The summed E-state index contributed by atoms with van der Waals surface area (Å²) in [4.78, 5) is 0. The van der Waals surface area contributed by atoms with Crippen molar-refractivity contribution in [3.63, 3.8) is 0 Å². The summed E-state index contributed by atoms with van der Waals surface area (Å²) in [6, 6.07) is 8.85. The molecule has 1 fully saturated rings. The molecule has 0 unspecified atom stereocenters. The molecule has 0 amide bonds. The Morgan fingerprint density at radius 1 is 1.06 bits per heavy atom. The minimum Gasteiger partial charge on any atom is -0.0647 e. The molecular weight excluding hydrogens is 204 g/mol. The van der Waals surface area contributed by atoms with Crippen LogP contribution in [0.4, 0.5) is 0 Å². The molecule has 0 aromatic heterocycles. The Kier molecular flexibility index (Phi) is 2.82. The zero-order chi connectivity index (χ0) is 11.7. The van der Waals surface area contributed by atoms with E-state index in [9.17, 15) is 0 Å². The first-order chi connectivity index (χ1) is 8.25. The van der Waals surface area contributed by atoms with Crippen LogP contribution >= 0.6 is 0 Å². The molecule has 0 atom stereocenters. The molecule has 1 saturated carbocycles. The van der Waals surface area contributed by atoms with E-state index in [1.54, 1.807) is 5.57 Å². The predicted octanol–water partition coefficient (Wildman–Crippen LogP) is 4.99. The molecule has 17 heavy (non-hydrogen) atoms. The Labute approximate surface area is 105 Å². The summed E-state index contributed by atoms with van der Waals surface area (Å²) in [5.41, 5.74) is 5.24. The third-order valence-corrected chi connectivity index (χ3v) is 4.55. The maximum Gasteiger partial charge on any atom is -0.00576 e. The van der Waals surface area contributed by atoms with Crippen LogP contribution in [-0.2, 0) is 6.42 Å². The Morgan fingerprint density at radius 2 is 1.82 bits per heavy atom. The average Bonchev–Trinajstić information content (AvgIpc) is 2.71. The molecule has 1 aromatic carbocycles. The van der Waals surface area contributed by atoms with Crippen molar-refractivity contribution in [1.82, 2.24) is 0 Å². The zero-order valence-corrected chi connectivity index (χ0v) is 10.8. The van der Waals surface area contributed by atoms with Gasteiger partial charge in [0.2, 0.25) is 0 Å². The monoisotopic (exact) mass is 226 g/mol. The number of rotatable bonds is 2. The van der Waals surface area contributed by atoms with Crippen molar-refractivity contribution in [3.05, 3.63) is 41.0 Å². The van der Waals surface area contributed by atoms with E-state index >= 15 is 0 Å². The molecule has 1 aromatic rings. The second kappa shape index (κ2) is 4.33. The van der Waals surface area contributed by atoms with Crippen LogP contribution in [0.2, 0.25) is 0 Å². The highest BCUT2D eigenvalue weighted by molar-refractivity contribution is 5.63. The van der Waals surface area contributed by atoms with Gasteiger partial charge in [0.25, 0.3) is 0 Å². The van der Waals surface area contributed by atoms with Gasteiger partial charge in [0.15, 0.2) is 0 Å². The third kappa shape index (κ3) is 2.31. The molecule has 3 rings (SSSR count). The second-order valence-corrected chi connectivity index (χ2v) is 6.23. The normalized spacial score (nSPS) is 22.1. The molecular formula is C17H22. The molecule has 0 aliphatic heterocycles. The van der Waals surface area contributed by atoms with Crippen molar-refractivity contribution in [3.8, 4) is 0 Å². The molecule has 2 aliphatic carbocycles. The van der Waals surface area contributed by atoms with E-state index in [1.807, 2.05) is 0 Å². The Morgan fingerprint density at radius 3 is 2.59 bits per heavy atom. The van der Waals surface area contributed by atoms with Crippen LogP contribution in [0.25, 0.3) is 6.08 Å². The summed E-state index contributed by atoms with van der Waals surface area (Å²) in [6.45, 7) is 2.50. The lowest BCUT2D eigenvalue weighted by Crippen LogP contribution is -2.20. The highest BCUT2D eigenvalue weighted by Gasteiger charge is 2.28. The SMILES string of the molecule is CC1(CC2=Cc3ccccc3C2)CCCCC1. The number of fused-ring (bicyclic) bond motifs is 1. The van der Waals surface area contributed by atoms with E-state index in [-0.39, 0.29) is 0 Å². The number of benzene rings is 1. The fourth-order valence-corrected chi connectivity index (χ4v) is 3.60. The van der Waals surface area contributed by atoms with E-state index in [4.69, 9.17) is 0 Å². The average molecular weight is 226 g/mol. The smallest absolute Gasteiger partial charge is 0.00576 e. The van der Waals surface area contributed by atoms with Crippen molar-refractivity contribution in [2.24, 2.45) is 5.41 Å². The molecule has 0 nitrogen and oxygen atoms in total. The topological polar surface area (TPSA) is 0 Å². The van der Waals surface area contributed by atoms with E-state index in [0.29, 0.717) is 5.41 Å². The maximum atomic E-state index is 2.50. The number of hydrogen-bond acceptors (Lipinski definition) is 0. The Bertz CT molecular complexity index is 433. The maximum absolute atomic E-state index is 2.50. The molecule has 2 aliphatic rings. The van der Waals surface area contributed by atoms with E-state index < -0.39 is 0 Å². The van der Waals surface area contributed by atoms with Gasteiger partial charge in [-0.05, 0) is 42.2 Å². The van der Waals surface area contributed by atoms with Gasteiger partial charge in [-0.25, -0.2) is 0 Å². The van der Waals surface area contributed by atoms with Crippen LogP contribution in [0.5, 0.6) is 0 Å². The molecule has 0 bridgehead atoms. The van der Waals surface area contributed by atoms with Crippen molar-refractivity contribution >= 4 is 6.08 Å². The largest absolute Gasteiger partial charge is 0.0647 e. The fourth-order valence-electron chi connectivity index (χ4n) is 3.60. The summed E-state index contributed by atoms with van der Waals surface area (Å²) in [5.74, 6) is 0. The summed E-state index contributed by atoms with van der Waals surface area (Å²) in [7, 11) is 0. The fraction of sp³-hybridized carbons (Fsp3) is 0.529. The number of hydrogen-bond donors (Lipinski definition) is 0. The van der Waals surface area contributed by atoms with Crippen LogP contribution in [0.1, 0.15) is 56.6 Å². The highest BCUT2D eigenvalue weighted by atomic mass is 14.3. The third-order valence-electron chi connectivity index (χ3n) is 4.55. The zero-order valence-electron chi connectivity index (χ0n) is 10.8. The van der Waals surface area contributed by atoms with Crippen molar-refractivity contribution < 1.29 is 0 Å². The summed E-state index contributed by atoms with van der Waals surface area (Å²) < 4.78 is 0. The summed E-state index contributed by atoms with van der Waals surface area (Å²) in [5, 5.41) is 0. The van der Waals surface area contributed by atoms with Crippen molar-refractivity contribution in [2.45, 2.75) is 51.9 Å². The lowest BCUT2D eigenvalue weighted by Gasteiger charge is -2.34. The quantitative estimate of drug-likeness (QED) is 0.666. The van der Waals surface area contributed by atoms with E-state index in [2.05, 4.69) is 37.3 Å². The number of allylic oxidation sites excluding steroid dienone is 1. The molecule has 0 N–H and O–H groups in total. The van der Waals surface area contributed by atoms with Crippen molar-refractivity contribution in [1.29, 1.82) is 0 Å². The van der Waals surface area contributed by atoms with Gasteiger partial charge in [-0.3, -0.25) is 0 Å². The van der Waals surface area contributed by atoms with Crippen LogP contribution < -0.4 is 0 Å². The molecule has 0 spiro atoms. The minimum absolute atomic E-state index is 0.589. The first-order valence-electron chi connectivity index (χ1n) is 7.03. The van der Waals surface area contributed by atoms with E-state index in [1.165, 1.54) is 56.1 Å². The second-order valence-electron chi connectivity index (χ2n) is 6.23. The van der Waals surface area contributed by atoms with Gasteiger partial charge < -0.3 is 0 Å². The van der Waals surface area contributed by atoms with Crippen LogP contribution in [-0.4, -0.2) is 0 Å². The lowest BCUT2D eigenvalue weighted by molar-refractivity contribution is 0.214. The van der Waals surface area contributed by atoms with Gasteiger partial charge in [0.1, 0.15) is 0 Å². The van der Waals surface area contributed by atoms with Gasteiger partial charge in [-0.1, -0.05) is 62.1 Å². The standard InChI is InChI=1S/C17H22/c1-17(9-5-2-6-10-17)13-14-11-15-7-3-4-8-16(15)12-14/h3-4,7-8,11H,2,5-6,9-10,12-13H2,1H3. The van der Waals surface area contributed by atoms with Gasteiger partial charge in [-0.15, -0.1) is 0 Å². The van der Waals surface area contributed by atoms with Gasteiger partial charge in [0.05, 0.1) is 0 Å². The van der Waals surface area contributed by atoms with Crippen LogP contribution in [0, 0.1) is 5.41 Å². The first-order valence-corrected chi connectivity index (χ1v) is 7.03. The Hall–Kier alpha value is -1.04. The molecule has 0 radical (unpaired) electrons. The van der Waals surface area contributed by atoms with E-state index in [0.717, 1.165) is 0 Å². The van der Waals surface area contributed by atoms with Gasteiger partial charge in [-0.2, -0.15) is 0 Å². The van der Waals surface area contributed by atoms with Gasteiger partial charge >= 0.3 is 0 Å². The summed E-state index contributed by atoms with van der Waals surface area (Å²) >= 11 is 0. The van der Waals surface area contributed by atoms with Crippen LogP contribution in [0.3, 0.4) is 0 Å². The predicted molar refractivity (Wildman–Crippen MR) is 73.9 cm³/mol. The highest BCUT2D eigenvalue weighted by Crippen LogP contribution is 2.43.